The summed E-state index contributed by atoms with van der Waals surface area (Å²) in [6, 6.07) is 16.2. The van der Waals surface area contributed by atoms with Crippen molar-refractivity contribution in [3.05, 3.63) is 83.8 Å². The lowest BCUT2D eigenvalue weighted by Crippen LogP contribution is -2.27. The summed E-state index contributed by atoms with van der Waals surface area (Å²) in [6.07, 6.45) is 4.62. The van der Waals surface area contributed by atoms with Crippen molar-refractivity contribution in [2.45, 2.75) is 6.04 Å². The van der Waals surface area contributed by atoms with E-state index in [0.29, 0.717) is 17.3 Å². The maximum atomic E-state index is 12.6. The summed E-state index contributed by atoms with van der Waals surface area (Å²) in [5, 5.41) is 3.03. The minimum absolute atomic E-state index is 0.253. The van der Waals surface area contributed by atoms with Gasteiger partial charge >= 0.3 is 0 Å². The standard InChI is InChI=1S/C23H23NO5/c1-26-18-9-6-16(7-10-18)23(17-8-12-20(27-2)21(15-17)28-3)24-22(25)13-11-19-5-4-14-29-19/h4-15,23H,1-3H3,(H,24,25)/b13-11-/t23-/m0/s1. The monoisotopic (exact) mass is 393 g/mol. The normalized spacial score (nSPS) is 11.8. The lowest BCUT2D eigenvalue weighted by Gasteiger charge is -2.21. The molecule has 29 heavy (non-hydrogen) atoms. The van der Waals surface area contributed by atoms with Gasteiger partial charge in [0, 0.05) is 6.08 Å². The number of hydrogen-bond acceptors (Lipinski definition) is 5. The smallest absolute Gasteiger partial charge is 0.244 e. The number of carbonyl (C=O) groups excluding carboxylic acids is 1. The van der Waals surface area contributed by atoms with Gasteiger partial charge in [-0.25, -0.2) is 0 Å². The Kier molecular flexibility index (Phi) is 6.58. The molecular formula is C23H23NO5. The summed E-state index contributed by atoms with van der Waals surface area (Å²) in [4.78, 5) is 12.6. The second-order valence-corrected chi connectivity index (χ2v) is 6.18. The summed E-state index contributed by atoms with van der Waals surface area (Å²) in [5.74, 6) is 2.30. The summed E-state index contributed by atoms with van der Waals surface area (Å²) < 4.78 is 21.2. The lowest BCUT2D eigenvalue weighted by atomic mass is 9.98. The Morgan fingerprint density at radius 3 is 2.28 bits per heavy atom. The zero-order chi connectivity index (χ0) is 20.6. The van der Waals surface area contributed by atoms with Crippen molar-refractivity contribution < 1.29 is 23.4 Å². The predicted molar refractivity (Wildman–Crippen MR) is 110 cm³/mol. The van der Waals surface area contributed by atoms with Crippen LogP contribution in [0.1, 0.15) is 22.9 Å². The Hall–Kier alpha value is -3.67. The second-order valence-electron chi connectivity index (χ2n) is 6.18. The molecule has 1 atom stereocenters. The third kappa shape index (κ3) is 4.99. The molecule has 0 saturated heterocycles. The number of benzene rings is 2. The maximum absolute atomic E-state index is 12.6. The van der Waals surface area contributed by atoms with Crippen LogP contribution in [0, 0.1) is 0 Å². The van der Waals surface area contributed by atoms with Gasteiger partial charge in [0.25, 0.3) is 0 Å². The van der Waals surface area contributed by atoms with Gasteiger partial charge in [-0.3, -0.25) is 4.79 Å². The van der Waals surface area contributed by atoms with Crippen molar-refractivity contribution in [2.24, 2.45) is 0 Å². The molecule has 3 aromatic rings. The van der Waals surface area contributed by atoms with Gasteiger partial charge in [-0.05, 0) is 53.6 Å². The van der Waals surface area contributed by atoms with E-state index in [1.54, 1.807) is 45.8 Å². The number of carbonyl (C=O) groups is 1. The molecule has 6 nitrogen and oxygen atoms in total. The van der Waals surface area contributed by atoms with Crippen molar-refractivity contribution >= 4 is 12.0 Å². The highest BCUT2D eigenvalue weighted by Crippen LogP contribution is 2.32. The van der Waals surface area contributed by atoms with Gasteiger partial charge < -0.3 is 23.9 Å². The van der Waals surface area contributed by atoms with Gasteiger partial charge in [0.15, 0.2) is 11.5 Å². The molecule has 3 rings (SSSR count). The third-order valence-corrected chi connectivity index (χ3v) is 4.42. The quantitative estimate of drug-likeness (QED) is 0.580. The fourth-order valence-corrected chi connectivity index (χ4v) is 2.92. The largest absolute Gasteiger partial charge is 0.497 e. The third-order valence-electron chi connectivity index (χ3n) is 4.42. The number of hydrogen-bond donors (Lipinski definition) is 1. The first-order chi connectivity index (χ1) is 14.1. The Balaban J connectivity index is 1.91. The second kappa shape index (κ2) is 9.50. The highest BCUT2D eigenvalue weighted by Gasteiger charge is 2.18. The van der Waals surface area contributed by atoms with Gasteiger partial charge in [-0.15, -0.1) is 0 Å². The number of furan rings is 1. The molecular weight excluding hydrogens is 370 g/mol. The summed E-state index contributed by atoms with van der Waals surface area (Å²) in [7, 11) is 4.77. The topological polar surface area (TPSA) is 69.9 Å². The van der Waals surface area contributed by atoms with Crippen LogP contribution < -0.4 is 19.5 Å². The predicted octanol–water partition coefficient (Wildman–Crippen LogP) is 4.22. The van der Waals surface area contributed by atoms with E-state index in [0.717, 1.165) is 16.9 Å². The molecule has 0 aliphatic heterocycles. The average Bonchev–Trinajstić information content (AvgIpc) is 3.29. The molecule has 1 aromatic heterocycles. The van der Waals surface area contributed by atoms with Crippen molar-refractivity contribution in [3.8, 4) is 17.2 Å². The van der Waals surface area contributed by atoms with Crippen LogP contribution in [0.4, 0.5) is 0 Å². The summed E-state index contributed by atoms with van der Waals surface area (Å²) in [6.45, 7) is 0. The first-order valence-corrected chi connectivity index (χ1v) is 9.02. The molecule has 2 aromatic carbocycles. The zero-order valence-corrected chi connectivity index (χ0v) is 16.5. The van der Waals surface area contributed by atoms with Gasteiger partial charge in [-0.1, -0.05) is 18.2 Å². The molecule has 0 fully saturated rings. The molecule has 150 valence electrons. The van der Waals surface area contributed by atoms with E-state index in [2.05, 4.69) is 5.32 Å². The van der Waals surface area contributed by atoms with Crippen LogP contribution in [0.3, 0.4) is 0 Å². The molecule has 1 N–H and O–H groups in total. The number of ether oxygens (including phenoxy) is 3. The van der Waals surface area contributed by atoms with Crippen LogP contribution in [0.5, 0.6) is 17.2 Å². The molecule has 0 radical (unpaired) electrons. The number of rotatable bonds is 8. The molecule has 0 aliphatic carbocycles. The Morgan fingerprint density at radius 2 is 1.66 bits per heavy atom. The molecule has 1 amide bonds. The van der Waals surface area contributed by atoms with E-state index >= 15 is 0 Å². The van der Waals surface area contributed by atoms with E-state index in [1.165, 1.54) is 6.08 Å². The van der Waals surface area contributed by atoms with E-state index < -0.39 is 6.04 Å². The van der Waals surface area contributed by atoms with Crippen molar-refractivity contribution in [2.75, 3.05) is 21.3 Å². The Bertz CT molecular complexity index is 961. The van der Waals surface area contributed by atoms with Crippen LogP contribution in [0.25, 0.3) is 6.08 Å². The van der Waals surface area contributed by atoms with E-state index in [9.17, 15) is 4.79 Å². The van der Waals surface area contributed by atoms with Crippen molar-refractivity contribution in [1.29, 1.82) is 0 Å². The average molecular weight is 393 g/mol. The lowest BCUT2D eigenvalue weighted by molar-refractivity contribution is -0.116. The van der Waals surface area contributed by atoms with Gasteiger partial charge in [0.1, 0.15) is 11.5 Å². The van der Waals surface area contributed by atoms with E-state index in [1.807, 2.05) is 42.5 Å². The van der Waals surface area contributed by atoms with Crippen molar-refractivity contribution in [3.63, 3.8) is 0 Å². The highest BCUT2D eigenvalue weighted by atomic mass is 16.5. The Morgan fingerprint density at radius 1 is 0.931 bits per heavy atom. The minimum atomic E-state index is -0.394. The minimum Gasteiger partial charge on any atom is -0.497 e. The number of methoxy groups -OCH3 is 3. The summed E-state index contributed by atoms with van der Waals surface area (Å²) >= 11 is 0. The maximum Gasteiger partial charge on any atom is 0.244 e. The van der Waals surface area contributed by atoms with Gasteiger partial charge in [0.2, 0.25) is 5.91 Å². The molecule has 0 aliphatic rings. The molecule has 0 spiro atoms. The first kappa shape index (κ1) is 20.1. The zero-order valence-electron chi connectivity index (χ0n) is 16.5. The molecule has 1 heterocycles. The van der Waals surface area contributed by atoms with E-state index in [4.69, 9.17) is 18.6 Å². The SMILES string of the molecule is COc1ccc([C@H](NC(=O)/C=C\c2ccco2)c2ccc(OC)c(OC)c2)cc1. The van der Waals surface area contributed by atoms with Crippen molar-refractivity contribution in [1.82, 2.24) is 5.32 Å². The molecule has 6 heteroatoms. The first-order valence-electron chi connectivity index (χ1n) is 9.02. The highest BCUT2D eigenvalue weighted by molar-refractivity contribution is 5.91. The number of nitrogens with one attached hydrogen (secondary N) is 1. The Labute approximate surface area is 169 Å². The van der Waals surface area contributed by atoms with Gasteiger partial charge in [0.05, 0.1) is 33.6 Å². The molecule has 0 bridgehead atoms. The van der Waals surface area contributed by atoms with Gasteiger partial charge in [-0.2, -0.15) is 0 Å². The van der Waals surface area contributed by atoms with Crippen LogP contribution >= 0.6 is 0 Å². The van der Waals surface area contributed by atoms with E-state index in [-0.39, 0.29) is 5.91 Å². The van der Waals surface area contributed by atoms with Crippen LogP contribution in [-0.4, -0.2) is 27.2 Å². The fraction of sp³-hybridized carbons (Fsp3) is 0.174. The summed E-state index contributed by atoms with van der Waals surface area (Å²) in [5.41, 5.74) is 1.75. The van der Waals surface area contributed by atoms with Crippen LogP contribution in [0.15, 0.2) is 71.4 Å². The number of amides is 1. The molecule has 0 unspecified atom stereocenters. The molecule has 0 saturated carbocycles. The van der Waals surface area contributed by atoms with Crippen LogP contribution in [-0.2, 0) is 4.79 Å². The fourth-order valence-electron chi connectivity index (χ4n) is 2.92. The van der Waals surface area contributed by atoms with Crippen LogP contribution in [0.2, 0.25) is 0 Å².